The van der Waals surface area contributed by atoms with Crippen LogP contribution in [0.1, 0.15) is 27.3 Å². The minimum absolute atomic E-state index is 0.0425. The largest absolute Gasteiger partial charge is 0.507 e. The predicted molar refractivity (Wildman–Crippen MR) is 95.0 cm³/mol. The fourth-order valence-electron chi connectivity index (χ4n) is 2.51. The molecule has 1 aromatic heterocycles. The van der Waals surface area contributed by atoms with Gasteiger partial charge in [0.15, 0.2) is 17.2 Å². The number of aromatic nitrogens is 3. The summed E-state index contributed by atoms with van der Waals surface area (Å²) < 4.78 is 14.8. The van der Waals surface area contributed by atoms with Gasteiger partial charge in [0.05, 0.1) is 12.2 Å². The minimum Gasteiger partial charge on any atom is -0.507 e. The van der Waals surface area contributed by atoms with E-state index in [1.807, 2.05) is 0 Å². The molecule has 0 aliphatic carbocycles. The number of aliphatic hydroxyl groups excluding tert-OH is 1. The maximum absolute atomic E-state index is 13.3. The SMILES string of the molecule is Cc1c(C(=O)/C=C(\O)c2ccc(O)c(O)c2)nnn1Cc1cccc(F)c1. The zero-order chi connectivity index (χ0) is 19.6. The van der Waals surface area contributed by atoms with Crippen LogP contribution < -0.4 is 0 Å². The van der Waals surface area contributed by atoms with Crippen molar-refractivity contribution in [2.45, 2.75) is 13.5 Å². The number of phenols is 2. The van der Waals surface area contributed by atoms with Crippen LogP contribution >= 0.6 is 0 Å². The van der Waals surface area contributed by atoms with Crippen molar-refractivity contribution < 1.29 is 24.5 Å². The van der Waals surface area contributed by atoms with Gasteiger partial charge in [-0.1, -0.05) is 17.3 Å². The molecule has 0 aliphatic rings. The number of benzene rings is 2. The number of allylic oxidation sites excluding steroid dienone is 1. The van der Waals surface area contributed by atoms with Crippen LogP contribution in [0.5, 0.6) is 11.5 Å². The van der Waals surface area contributed by atoms with Crippen LogP contribution in [0.3, 0.4) is 0 Å². The lowest BCUT2D eigenvalue weighted by atomic mass is 10.1. The van der Waals surface area contributed by atoms with Crippen molar-refractivity contribution in [3.63, 3.8) is 0 Å². The average molecular weight is 369 g/mol. The molecule has 0 amide bonds. The van der Waals surface area contributed by atoms with E-state index in [-0.39, 0.29) is 29.4 Å². The first-order chi connectivity index (χ1) is 12.8. The molecule has 0 atom stereocenters. The van der Waals surface area contributed by atoms with Crippen molar-refractivity contribution >= 4 is 11.5 Å². The number of phenolic OH excluding ortho intramolecular Hbond substituents is 2. The molecule has 3 rings (SSSR count). The molecule has 3 N–H and O–H groups in total. The lowest BCUT2D eigenvalue weighted by Gasteiger charge is -2.04. The molecule has 2 aromatic carbocycles. The van der Waals surface area contributed by atoms with E-state index in [4.69, 9.17) is 0 Å². The van der Waals surface area contributed by atoms with Crippen molar-refractivity contribution in [2.75, 3.05) is 0 Å². The second kappa shape index (κ2) is 7.28. The molecule has 0 saturated heterocycles. The van der Waals surface area contributed by atoms with Gasteiger partial charge in [0, 0.05) is 11.6 Å². The molecular formula is C19H16FN3O4. The van der Waals surface area contributed by atoms with Gasteiger partial charge in [0.1, 0.15) is 11.6 Å². The summed E-state index contributed by atoms with van der Waals surface area (Å²) in [5.41, 5.74) is 1.33. The van der Waals surface area contributed by atoms with Crippen LogP contribution in [-0.2, 0) is 6.54 Å². The third-order valence-electron chi connectivity index (χ3n) is 3.98. The maximum Gasteiger partial charge on any atom is 0.211 e. The fourth-order valence-corrected chi connectivity index (χ4v) is 2.51. The zero-order valence-electron chi connectivity index (χ0n) is 14.3. The van der Waals surface area contributed by atoms with Gasteiger partial charge < -0.3 is 15.3 Å². The molecule has 0 aliphatic heterocycles. The number of carbonyl (C=O) groups excluding carboxylic acids is 1. The first-order valence-electron chi connectivity index (χ1n) is 7.97. The number of nitrogens with zero attached hydrogens (tertiary/aromatic N) is 3. The first-order valence-corrected chi connectivity index (χ1v) is 7.97. The summed E-state index contributed by atoms with van der Waals surface area (Å²) in [5.74, 6) is -2.10. The van der Waals surface area contributed by atoms with Crippen molar-refractivity contribution in [3.05, 3.63) is 76.9 Å². The van der Waals surface area contributed by atoms with Crippen LogP contribution in [0.4, 0.5) is 4.39 Å². The molecule has 8 heteroatoms. The monoisotopic (exact) mass is 369 g/mol. The summed E-state index contributed by atoms with van der Waals surface area (Å²) in [7, 11) is 0. The molecule has 0 fully saturated rings. The van der Waals surface area contributed by atoms with E-state index in [9.17, 15) is 24.5 Å². The van der Waals surface area contributed by atoms with Crippen molar-refractivity contribution in [2.24, 2.45) is 0 Å². The highest BCUT2D eigenvalue weighted by molar-refractivity contribution is 6.07. The van der Waals surface area contributed by atoms with Crippen LogP contribution in [0.25, 0.3) is 5.76 Å². The summed E-state index contributed by atoms with van der Waals surface area (Å²) in [6.45, 7) is 1.88. The fraction of sp³-hybridized carbons (Fsp3) is 0.105. The average Bonchev–Trinajstić information content (AvgIpc) is 2.98. The summed E-state index contributed by atoms with van der Waals surface area (Å²) in [5, 5.41) is 36.6. The first kappa shape index (κ1) is 18.1. The third kappa shape index (κ3) is 3.95. The topological polar surface area (TPSA) is 108 Å². The Hall–Kier alpha value is -3.68. The van der Waals surface area contributed by atoms with Gasteiger partial charge in [0.2, 0.25) is 5.78 Å². The molecule has 1 heterocycles. The number of halogens is 1. The summed E-state index contributed by atoms with van der Waals surface area (Å²) >= 11 is 0. The molecule has 0 radical (unpaired) electrons. The smallest absolute Gasteiger partial charge is 0.211 e. The molecule has 0 unspecified atom stereocenters. The van der Waals surface area contributed by atoms with Crippen LogP contribution in [0.15, 0.2) is 48.5 Å². The Morgan fingerprint density at radius 3 is 2.67 bits per heavy atom. The standard InChI is InChI=1S/C19H16FN3O4/c1-11-19(21-22-23(11)10-12-3-2-4-14(20)7-12)18(27)9-16(25)13-5-6-15(24)17(26)8-13/h2-9,24-26H,10H2,1H3/b16-9-. The van der Waals surface area contributed by atoms with E-state index in [1.165, 1.54) is 28.9 Å². The number of hydrogen-bond donors (Lipinski definition) is 3. The van der Waals surface area contributed by atoms with E-state index >= 15 is 0 Å². The lowest BCUT2D eigenvalue weighted by molar-refractivity contribution is 0.104. The number of ketones is 1. The van der Waals surface area contributed by atoms with Gasteiger partial charge >= 0.3 is 0 Å². The van der Waals surface area contributed by atoms with Crippen LogP contribution in [0.2, 0.25) is 0 Å². The van der Waals surface area contributed by atoms with Crippen LogP contribution in [0, 0.1) is 12.7 Å². The Bertz CT molecular complexity index is 1040. The Labute approximate surface area is 153 Å². The molecule has 27 heavy (non-hydrogen) atoms. The number of rotatable bonds is 5. The molecule has 7 nitrogen and oxygen atoms in total. The quantitative estimate of drug-likeness (QED) is 0.276. The predicted octanol–water partition coefficient (Wildman–Crippen LogP) is 2.97. The highest BCUT2D eigenvalue weighted by Crippen LogP contribution is 2.27. The highest BCUT2D eigenvalue weighted by Gasteiger charge is 2.16. The lowest BCUT2D eigenvalue weighted by Crippen LogP contribution is -2.06. The van der Waals surface area contributed by atoms with Gasteiger partial charge in [-0.2, -0.15) is 0 Å². The van der Waals surface area contributed by atoms with E-state index in [0.29, 0.717) is 11.3 Å². The second-order valence-electron chi connectivity index (χ2n) is 5.91. The Kier molecular flexibility index (Phi) is 4.89. The Balaban J connectivity index is 1.83. The van der Waals surface area contributed by atoms with E-state index < -0.39 is 17.3 Å². The number of aliphatic hydroxyl groups is 1. The molecule has 3 aromatic rings. The van der Waals surface area contributed by atoms with E-state index in [1.54, 1.807) is 19.1 Å². The maximum atomic E-state index is 13.3. The summed E-state index contributed by atoms with van der Waals surface area (Å²) in [6, 6.07) is 9.68. The van der Waals surface area contributed by atoms with E-state index in [2.05, 4.69) is 10.3 Å². The van der Waals surface area contributed by atoms with Gasteiger partial charge in [-0.15, -0.1) is 5.10 Å². The van der Waals surface area contributed by atoms with Gasteiger partial charge in [0.25, 0.3) is 0 Å². The minimum atomic E-state index is -0.581. The number of hydrogen-bond acceptors (Lipinski definition) is 6. The van der Waals surface area contributed by atoms with Crippen LogP contribution in [-0.4, -0.2) is 36.1 Å². The van der Waals surface area contributed by atoms with Gasteiger partial charge in [-0.3, -0.25) is 4.79 Å². The van der Waals surface area contributed by atoms with Crippen molar-refractivity contribution in [1.82, 2.24) is 15.0 Å². The molecule has 138 valence electrons. The van der Waals surface area contributed by atoms with Gasteiger partial charge in [-0.05, 0) is 42.8 Å². The molecule has 0 bridgehead atoms. The van der Waals surface area contributed by atoms with Crippen molar-refractivity contribution in [3.8, 4) is 11.5 Å². The summed E-state index contributed by atoms with van der Waals surface area (Å²) in [6.07, 6.45) is 0.954. The number of aromatic hydroxyl groups is 2. The number of carbonyl (C=O) groups is 1. The zero-order valence-corrected chi connectivity index (χ0v) is 14.3. The normalized spacial score (nSPS) is 11.6. The molecule has 0 saturated carbocycles. The Morgan fingerprint density at radius 1 is 1.19 bits per heavy atom. The third-order valence-corrected chi connectivity index (χ3v) is 3.98. The van der Waals surface area contributed by atoms with E-state index in [0.717, 1.165) is 12.1 Å². The second-order valence-corrected chi connectivity index (χ2v) is 5.91. The van der Waals surface area contributed by atoms with Gasteiger partial charge in [-0.25, -0.2) is 9.07 Å². The highest BCUT2D eigenvalue weighted by atomic mass is 19.1. The molecule has 0 spiro atoms. The molecular weight excluding hydrogens is 353 g/mol. The summed E-state index contributed by atoms with van der Waals surface area (Å²) in [4.78, 5) is 12.4. The van der Waals surface area contributed by atoms with Crippen molar-refractivity contribution in [1.29, 1.82) is 0 Å². The Morgan fingerprint density at radius 2 is 1.96 bits per heavy atom.